The Balaban J connectivity index is 1.58. The summed E-state index contributed by atoms with van der Waals surface area (Å²) in [4.78, 5) is 18.3. The first-order valence-electron chi connectivity index (χ1n) is 9.53. The summed E-state index contributed by atoms with van der Waals surface area (Å²) in [5.41, 5.74) is 7.08. The standard InChI is InChI=1S/C19H29N3O2S/c1-9(17(24)21-11-4-5-11)12-6-7-19(3)8-13-15(22-18(20)25-13)10(2)14(19)16(12)23/h9-12,14,16,23H,4-8H2,1-3H3,(H2,20,22)(H,21,24)/t9-,10-,12?,14+,16-,19-/m0/s1. The quantitative estimate of drug-likeness (QED) is 0.770. The van der Waals surface area contributed by atoms with Gasteiger partial charge in [0.1, 0.15) is 0 Å². The minimum Gasteiger partial charge on any atom is -0.392 e. The fourth-order valence-corrected chi connectivity index (χ4v) is 6.45. The highest BCUT2D eigenvalue weighted by molar-refractivity contribution is 7.15. The highest BCUT2D eigenvalue weighted by Gasteiger charge is 2.53. The third-order valence-electron chi connectivity index (χ3n) is 6.92. The average Bonchev–Trinajstić information content (AvgIpc) is 3.27. The minimum absolute atomic E-state index is 0.0248. The van der Waals surface area contributed by atoms with Crippen molar-refractivity contribution >= 4 is 22.4 Å². The van der Waals surface area contributed by atoms with Crippen LogP contribution in [0, 0.1) is 23.2 Å². The number of carbonyl (C=O) groups excluding carboxylic acids is 1. The predicted octanol–water partition coefficient (Wildman–Crippen LogP) is 2.69. The van der Waals surface area contributed by atoms with Gasteiger partial charge in [0.2, 0.25) is 5.91 Å². The number of amides is 1. The number of nitrogens with one attached hydrogen (secondary N) is 1. The Morgan fingerprint density at radius 3 is 2.84 bits per heavy atom. The molecule has 2 saturated carbocycles. The van der Waals surface area contributed by atoms with Gasteiger partial charge in [0, 0.05) is 22.8 Å². The molecule has 4 N–H and O–H groups in total. The number of thiazole rings is 1. The van der Waals surface area contributed by atoms with Crippen LogP contribution in [0.1, 0.15) is 62.9 Å². The van der Waals surface area contributed by atoms with Crippen molar-refractivity contribution in [2.45, 2.75) is 70.9 Å². The first-order valence-corrected chi connectivity index (χ1v) is 10.4. The molecule has 0 bridgehead atoms. The van der Waals surface area contributed by atoms with E-state index in [9.17, 15) is 9.90 Å². The molecule has 6 heteroatoms. The molecule has 2 fully saturated rings. The van der Waals surface area contributed by atoms with Gasteiger partial charge in [-0.3, -0.25) is 4.79 Å². The molecule has 0 saturated heterocycles. The largest absolute Gasteiger partial charge is 0.392 e. The molecule has 138 valence electrons. The molecular formula is C19H29N3O2S. The topological polar surface area (TPSA) is 88.2 Å². The first kappa shape index (κ1) is 17.3. The Morgan fingerprint density at radius 2 is 2.16 bits per heavy atom. The van der Waals surface area contributed by atoms with Crippen molar-refractivity contribution < 1.29 is 9.90 Å². The van der Waals surface area contributed by atoms with Crippen LogP contribution in [0.25, 0.3) is 0 Å². The zero-order valence-electron chi connectivity index (χ0n) is 15.3. The van der Waals surface area contributed by atoms with Gasteiger partial charge in [0.25, 0.3) is 0 Å². The Bertz CT molecular complexity index is 686. The van der Waals surface area contributed by atoms with Crippen LogP contribution in [0.5, 0.6) is 0 Å². The molecule has 6 atom stereocenters. The molecule has 1 heterocycles. The normalized spacial score (nSPS) is 38.6. The van der Waals surface area contributed by atoms with E-state index in [0.29, 0.717) is 11.2 Å². The van der Waals surface area contributed by atoms with Gasteiger partial charge in [-0.25, -0.2) is 4.98 Å². The second kappa shape index (κ2) is 5.95. The number of hydrogen-bond acceptors (Lipinski definition) is 5. The summed E-state index contributed by atoms with van der Waals surface area (Å²) >= 11 is 1.60. The predicted molar refractivity (Wildman–Crippen MR) is 99.3 cm³/mol. The van der Waals surface area contributed by atoms with Crippen LogP contribution in [-0.4, -0.2) is 28.1 Å². The van der Waals surface area contributed by atoms with Gasteiger partial charge in [-0.05, 0) is 49.4 Å². The molecule has 1 aromatic heterocycles. The molecule has 0 radical (unpaired) electrons. The van der Waals surface area contributed by atoms with Crippen LogP contribution < -0.4 is 11.1 Å². The van der Waals surface area contributed by atoms with Gasteiger partial charge >= 0.3 is 0 Å². The van der Waals surface area contributed by atoms with Gasteiger partial charge < -0.3 is 16.2 Å². The lowest BCUT2D eigenvalue weighted by Gasteiger charge is -2.53. The van der Waals surface area contributed by atoms with Crippen LogP contribution in [0.2, 0.25) is 0 Å². The Labute approximate surface area is 153 Å². The molecule has 3 aliphatic rings. The van der Waals surface area contributed by atoms with Crippen molar-refractivity contribution in [2.24, 2.45) is 23.2 Å². The minimum atomic E-state index is -0.468. The number of anilines is 1. The van der Waals surface area contributed by atoms with Crippen molar-refractivity contribution in [1.82, 2.24) is 10.3 Å². The number of nitrogens with two attached hydrogens (primary N) is 1. The summed E-state index contributed by atoms with van der Waals surface area (Å²) in [5.74, 6) is 0.304. The number of aliphatic hydroxyl groups is 1. The lowest BCUT2D eigenvalue weighted by Crippen LogP contribution is -2.53. The van der Waals surface area contributed by atoms with E-state index < -0.39 is 6.10 Å². The highest BCUT2D eigenvalue weighted by Crippen LogP contribution is 2.57. The van der Waals surface area contributed by atoms with Crippen molar-refractivity contribution in [3.63, 3.8) is 0 Å². The van der Waals surface area contributed by atoms with Gasteiger partial charge in [-0.2, -0.15) is 0 Å². The van der Waals surface area contributed by atoms with Crippen molar-refractivity contribution in [1.29, 1.82) is 0 Å². The average molecular weight is 364 g/mol. The third-order valence-corrected chi connectivity index (χ3v) is 7.82. The molecule has 25 heavy (non-hydrogen) atoms. The number of aromatic nitrogens is 1. The maximum Gasteiger partial charge on any atom is 0.223 e. The Kier molecular flexibility index (Phi) is 4.11. The second-order valence-corrected chi connectivity index (χ2v) is 9.89. The molecule has 3 aliphatic carbocycles. The maximum absolute atomic E-state index is 12.5. The third kappa shape index (κ3) is 2.87. The number of rotatable bonds is 3. The van der Waals surface area contributed by atoms with Crippen LogP contribution >= 0.6 is 11.3 Å². The molecule has 1 amide bonds. The molecule has 5 nitrogen and oxygen atoms in total. The summed E-state index contributed by atoms with van der Waals surface area (Å²) in [6, 6.07) is 0.370. The smallest absolute Gasteiger partial charge is 0.223 e. The maximum atomic E-state index is 12.5. The molecule has 0 aliphatic heterocycles. The zero-order chi connectivity index (χ0) is 17.9. The zero-order valence-corrected chi connectivity index (χ0v) is 16.1. The van der Waals surface area contributed by atoms with E-state index in [1.54, 1.807) is 11.3 Å². The van der Waals surface area contributed by atoms with E-state index in [4.69, 9.17) is 5.73 Å². The van der Waals surface area contributed by atoms with Crippen molar-refractivity contribution in [3.8, 4) is 0 Å². The monoisotopic (exact) mass is 363 g/mol. The summed E-state index contributed by atoms with van der Waals surface area (Å²) in [7, 11) is 0. The summed E-state index contributed by atoms with van der Waals surface area (Å²) in [6.45, 7) is 6.44. The van der Waals surface area contributed by atoms with E-state index in [1.165, 1.54) is 4.88 Å². The van der Waals surface area contributed by atoms with Crippen LogP contribution in [0.3, 0.4) is 0 Å². The lowest BCUT2D eigenvalue weighted by molar-refractivity contribution is -0.134. The SMILES string of the molecule is C[C@H](C(=O)NC1CC1)C1CC[C@@]2(C)Cc3sc(N)nc3[C@@H](C)[C@@H]2[C@H]1O. The number of nitrogen functional groups attached to an aromatic ring is 1. The number of carbonyl (C=O) groups is 1. The summed E-state index contributed by atoms with van der Waals surface area (Å²) < 4.78 is 0. The summed E-state index contributed by atoms with van der Waals surface area (Å²) in [6.07, 6.45) is 4.61. The first-order chi connectivity index (χ1) is 11.8. The van der Waals surface area contributed by atoms with Crippen LogP contribution in [0.15, 0.2) is 0 Å². The van der Waals surface area contributed by atoms with Crippen LogP contribution in [0.4, 0.5) is 5.13 Å². The summed E-state index contributed by atoms with van der Waals surface area (Å²) in [5, 5.41) is 15.0. The molecule has 1 aromatic rings. The second-order valence-electron chi connectivity index (χ2n) is 8.77. The Hall–Kier alpha value is -1.14. The molecule has 1 unspecified atom stereocenters. The fourth-order valence-electron chi connectivity index (χ4n) is 5.32. The van der Waals surface area contributed by atoms with E-state index in [1.807, 2.05) is 6.92 Å². The highest BCUT2D eigenvalue weighted by atomic mass is 32.1. The number of hydrogen-bond donors (Lipinski definition) is 3. The van der Waals surface area contributed by atoms with E-state index >= 15 is 0 Å². The molecule has 4 rings (SSSR count). The van der Waals surface area contributed by atoms with E-state index in [2.05, 4.69) is 24.1 Å². The fraction of sp³-hybridized carbons (Fsp3) is 0.789. The molecular weight excluding hydrogens is 334 g/mol. The number of fused-ring (bicyclic) bond motifs is 2. The Morgan fingerprint density at radius 1 is 1.44 bits per heavy atom. The van der Waals surface area contributed by atoms with Gasteiger partial charge in [0.15, 0.2) is 5.13 Å². The van der Waals surface area contributed by atoms with E-state index in [0.717, 1.165) is 37.8 Å². The van der Waals surface area contributed by atoms with Gasteiger partial charge in [0.05, 0.1) is 11.8 Å². The molecule has 0 aromatic carbocycles. The lowest BCUT2D eigenvalue weighted by atomic mass is 9.53. The van der Waals surface area contributed by atoms with Crippen molar-refractivity contribution in [3.05, 3.63) is 10.6 Å². The molecule has 0 spiro atoms. The van der Waals surface area contributed by atoms with Crippen molar-refractivity contribution in [2.75, 3.05) is 5.73 Å². The number of nitrogens with zero attached hydrogens (tertiary/aromatic N) is 1. The van der Waals surface area contributed by atoms with E-state index in [-0.39, 0.29) is 35.0 Å². The van der Waals surface area contributed by atoms with Gasteiger partial charge in [-0.15, -0.1) is 11.3 Å². The van der Waals surface area contributed by atoms with Crippen LogP contribution in [-0.2, 0) is 11.2 Å². The number of aliphatic hydroxyl groups excluding tert-OH is 1. The van der Waals surface area contributed by atoms with Gasteiger partial charge in [-0.1, -0.05) is 20.8 Å².